The lowest BCUT2D eigenvalue weighted by Gasteiger charge is -2.31. The summed E-state index contributed by atoms with van der Waals surface area (Å²) in [5, 5.41) is 3.41. The summed E-state index contributed by atoms with van der Waals surface area (Å²) in [6.07, 6.45) is 3.86. The smallest absolute Gasteiger partial charge is 0.244 e. The molecular formula is C23H33N5O3S. The molecule has 4 rings (SSSR count). The first-order valence-electron chi connectivity index (χ1n) is 11.2. The van der Waals surface area contributed by atoms with Gasteiger partial charge >= 0.3 is 0 Å². The molecule has 1 atom stereocenters. The van der Waals surface area contributed by atoms with E-state index >= 15 is 0 Å². The van der Waals surface area contributed by atoms with Gasteiger partial charge in [-0.3, -0.25) is 4.90 Å². The number of hydrogen-bond acceptors (Lipinski definition) is 7. The number of anilines is 1. The van der Waals surface area contributed by atoms with E-state index in [1.54, 1.807) is 23.5 Å². The monoisotopic (exact) mass is 459 g/mol. The van der Waals surface area contributed by atoms with Crippen LogP contribution in [0.3, 0.4) is 0 Å². The molecule has 2 saturated heterocycles. The van der Waals surface area contributed by atoms with Crippen molar-refractivity contribution in [2.75, 3.05) is 65.3 Å². The van der Waals surface area contributed by atoms with Crippen LogP contribution in [0, 0.1) is 0 Å². The summed E-state index contributed by atoms with van der Waals surface area (Å²) in [6, 6.07) is 11.7. The summed E-state index contributed by atoms with van der Waals surface area (Å²) in [5.74, 6) is 1.55. The molecule has 2 aliphatic heterocycles. The van der Waals surface area contributed by atoms with E-state index in [2.05, 4.69) is 26.2 Å². The summed E-state index contributed by atoms with van der Waals surface area (Å²) in [5.41, 5.74) is 1.15. The second-order valence-corrected chi connectivity index (χ2v) is 10.4. The van der Waals surface area contributed by atoms with Gasteiger partial charge in [-0.05, 0) is 51.2 Å². The van der Waals surface area contributed by atoms with Gasteiger partial charge in [0.05, 0.1) is 13.2 Å². The third-order valence-corrected chi connectivity index (χ3v) is 8.27. The van der Waals surface area contributed by atoms with Crippen molar-refractivity contribution in [3.63, 3.8) is 0 Å². The van der Waals surface area contributed by atoms with Crippen LogP contribution in [0.1, 0.15) is 24.4 Å². The second kappa shape index (κ2) is 10.2. The zero-order chi connectivity index (χ0) is 22.6. The minimum atomic E-state index is -3.51. The molecule has 9 heteroatoms. The lowest BCUT2D eigenvalue weighted by Crippen LogP contribution is -2.47. The van der Waals surface area contributed by atoms with Crippen LogP contribution in [0.4, 0.5) is 5.82 Å². The van der Waals surface area contributed by atoms with Crippen molar-refractivity contribution in [3.8, 4) is 5.75 Å². The molecule has 1 aromatic carbocycles. The Morgan fingerprint density at radius 1 is 1.03 bits per heavy atom. The number of benzene rings is 1. The van der Waals surface area contributed by atoms with Gasteiger partial charge in [0.25, 0.3) is 0 Å². The molecule has 0 bridgehead atoms. The molecular weight excluding hydrogens is 426 g/mol. The van der Waals surface area contributed by atoms with Crippen LogP contribution >= 0.6 is 0 Å². The van der Waals surface area contributed by atoms with Crippen molar-refractivity contribution in [1.29, 1.82) is 0 Å². The summed E-state index contributed by atoms with van der Waals surface area (Å²) >= 11 is 0. The third-order valence-electron chi connectivity index (χ3n) is 6.39. The maximum atomic E-state index is 12.9. The number of para-hydroxylation sites is 1. The molecule has 1 N–H and O–H groups in total. The fourth-order valence-electron chi connectivity index (χ4n) is 4.45. The Morgan fingerprint density at radius 2 is 1.75 bits per heavy atom. The highest BCUT2D eigenvalue weighted by molar-refractivity contribution is 7.89. The largest absolute Gasteiger partial charge is 0.496 e. The number of aromatic nitrogens is 1. The van der Waals surface area contributed by atoms with E-state index in [9.17, 15) is 8.42 Å². The van der Waals surface area contributed by atoms with Crippen LogP contribution in [-0.4, -0.2) is 87.5 Å². The number of methoxy groups -OCH3 is 1. The number of hydrogen-bond donors (Lipinski definition) is 1. The fraction of sp³-hybridized carbons (Fsp3) is 0.522. The van der Waals surface area contributed by atoms with Crippen molar-refractivity contribution < 1.29 is 13.2 Å². The zero-order valence-electron chi connectivity index (χ0n) is 18.9. The molecule has 0 saturated carbocycles. The summed E-state index contributed by atoms with van der Waals surface area (Å²) < 4.78 is 33.0. The number of nitrogens with one attached hydrogen (secondary N) is 1. The zero-order valence-corrected chi connectivity index (χ0v) is 19.7. The molecule has 1 aromatic heterocycles. The highest BCUT2D eigenvalue weighted by Crippen LogP contribution is 2.32. The molecule has 0 aliphatic carbocycles. The highest BCUT2D eigenvalue weighted by Gasteiger charge is 2.28. The van der Waals surface area contributed by atoms with Crippen molar-refractivity contribution >= 4 is 15.8 Å². The lowest BCUT2D eigenvalue weighted by molar-refractivity contribution is 0.222. The Labute approximate surface area is 191 Å². The molecule has 2 aliphatic rings. The van der Waals surface area contributed by atoms with E-state index in [0.29, 0.717) is 25.5 Å². The van der Waals surface area contributed by atoms with Crippen molar-refractivity contribution in [1.82, 2.24) is 19.1 Å². The number of ether oxygens (including phenoxy) is 1. The molecule has 0 radical (unpaired) electrons. The van der Waals surface area contributed by atoms with E-state index in [-0.39, 0.29) is 10.9 Å². The van der Waals surface area contributed by atoms with E-state index < -0.39 is 10.0 Å². The van der Waals surface area contributed by atoms with E-state index in [1.165, 1.54) is 19.0 Å². The van der Waals surface area contributed by atoms with Crippen LogP contribution in [0.5, 0.6) is 5.75 Å². The Balaban J connectivity index is 1.46. The number of likely N-dealkylation sites (N-methyl/N-ethyl adjacent to an activating group) is 1. The molecule has 2 fully saturated rings. The van der Waals surface area contributed by atoms with E-state index in [1.807, 2.05) is 25.2 Å². The average molecular weight is 460 g/mol. The van der Waals surface area contributed by atoms with Gasteiger partial charge in [-0.15, -0.1) is 0 Å². The molecule has 0 spiro atoms. The predicted molar refractivity (Wildman–Crippen MR) is 126 cm³/mol. The highest BCUT2D eigenvalue weighted by atomic mass is 32.2. The number of nitrogens with zero attached hydrogens (tertiary/aromatic N) is 4. The van der Waals surface area contributed by atoms with Crippen LogP contribution in [0.15, 0.2) is 47.5 Å². The molecule has 8 nitrogen and oxygen atoms in total. The number of sulfonamides is 1. The second-order valence-electron chi connectivity index (χ2n) is 8.47. The van der Waals surface area contributed by atoms with Gasteiger partial charge in [-0.25, -0.2) is 13.4 Å². The van der Waals surface area contributed by atoms with Gasteiger partial charge in [0.15, 0.2) is 0 Å². The Kier molecular flexibility index (Phi) is 7.30. The van der Waals surface area contributed by atoms with Gasteiger partial charge in [0.2, 0.25) is 10.0 Å². The Morgan fingerprint density at radius 3 is 2.41 bits per heavy atom. The molecule has 174 valence electrons. The fourth-order valence-corrected chi connectivity index (χ4v) is 5.82. The number of rotatable bonds is 8. The maximum Gasteiger partial charge on any atom is 0.244 e. The SMILES string of the molecule is COc1ccccc1C(CNc1ccc(S(=O)(=O)N2CCN(C)CC2)cn1)N1CCCC1. The first kappa shape index (κ1) is 23.0. The van der Waals surface area contributed by atoms with Gasteiger partial charge in [-0.1, -0.05) is 18.2 Å². The van der Waals surface area contributed by atoms with E-state index in [0.717, 1.165) is 37.5 Å². The van der Waals surface area contributed by atoms with Crippen molar-refractivity contribution in [2.24, 2.45) is 0 Å². The van der Waals surface area contributed by atoms with Gasteiger partial charge in [0, 0.05) is 44.5 Å². The van der Waals surface area contributed by atoms with Gasteiger partial charge in [-0.2, -0.15) is 4.31 Å². The maximum absolute atomic E-state index is 12.9. The average Bonchev–Trinajstić information content (AvgIpc) is 3.35. The number of piperazine rings is 1. The minimum Gasteiger partial charge on any atom is -0.496 e. The molecule has 3 heterocycles. The molecule has 0 amide bonds. The van der Waals surface area contributed by atoms with Gasteiger partial charge < -0.3 is 15.0 Å². The van der Waals surface area contributed by atoms with E-state index in [4.69, 9.17) is 4.74 Å². The van der Waals surface area contributed by atoms with Crippen molar-refractivity contribution in [2.45, 2.75) is 23.8 Å². The Bertz CT molecular complexity index is 985. The summed E-state index contributed by atoms with van der Waals surface area (Å²) in [4.78, 5) is 9.26. The van der Waals surface area contributed by atoms with Crippen LogP contribution in [-0.2, 0) is 10.0 Å². The number of likely N-dealkylation sites (tertiary alicyclic amines) is 1. The normalized spacial score (nSPS) is 19.7. The number of pyridine rings is 1. The standard InChI is InChI=1S/C23H33N5O3S/c1-26-13-15-28(16-14-26)32(29,30)19-9-10-23(24-17-19)25-18-21(27-11-5-6-12-27)20-7-3-4-8-22(20)31-2/h3-4,7-10,17,21H,5-6,11-16,18H2,1-2H3,(H,24,25). The first-order chi connectivity index (χ1) is 15.5. The quantitative estimate of drug-likeness (QED) is 0.649. The minimum absolute atomic E-state index is 0.157. The molecule has 1 unspecified atom stereocenters. The topological polar surface area (TPSA) is 78.0 Å². The van der Waals surface area contributed by atoms with Crippen LogP contribution < -0.4 is 10.1 Å². The van der Waals surface area contributed by atoms with Crippen LogP contribution in [0.2, 0.25) is 0 Å². The van der Waals surface area contributed by atoms with Crippen LogP contribution in [0.25, 0.3) is 0 Å². The summed E-state index contributed by atoms with van der Waals surface area (Å²) in [6.45, 7) is 5.28. The first-order valence-corrected chi connectivity index (χ1v) is 12.7. The Hall–Kier alpha value is -2.20. The molecule has 32 heavy (non-hydrogen) atoms. The lowest BCUT2D eigenvalue weighted by atomic mass is 10.0. The van der Waals surface area contributed by atoms with Crippen molar-refractivity contribution in [3.05, 3.63) is 48.2 Å². The predicted octanol–water partition coefficient (Wildman–Crippen LogP) is 2.28. The molecule has 2 aromatic rings. The third kappa shape index (κ3) is 5.06. The summed E-state index contributed by atoms with van der Waals surface area (Å²) in [7, 11) is 0.202. The van der Waals surface area contributed by atoms with Gasteiger partial charge in [0.1, 0.15) is 16.5 Å².